The molecule has 1 saturated carbocycles. The molecular formula is C19H20ClN5O. The van der Waals surface area contributed by atoms with Gasteiger partial charge >= 0.3 is 0 Å². The molecule has 1 aliphatic rings. The smallest absolute Gasteiger partial charge is 0.200 e. The van der Waals surface area contributed by atoms with Crippen LogP contribution < -0.4 is 5.73 Å². The van der Waals surface area contributed by atoms with Gasteiger partial charge in [-0.05, 0) is 55.7 Å². The van der Waals surface area contributed by atoms with Crippen molar-refractivity contribution in [2.24, 2.45) is 5.73 Å². The van der Waals surface area contributed by atoms with E-state index >= 15 is 0 Å². The standard InChI is InChI=1S/C19H20ClN5O/c1-11-8-13(20)5-6-16(11)25-19(12-9-14(21)17(26)10-12)23-18(24-25)15-4-2-3-7-22-15/h2-8,12,14,17,26H,9-10,21H2,1H3/t12-,14-,17-/m0/s1. The third kappa shape index (κ3) is 3.11. The fraction of sp³-hybridized carbons (Fsp3) is 0.316. The van der Waals surface area contributed by atoms with Gasteiger partial charge in [0, 0.05) is 23.2 Å². The van der Waals surface area contributed by atoms with Crippen molar-refractivity contribution in [3.8, 4) is 17.2 Å². The molecule has 1 fully saturated rings. The summed E-state index contributed by atoms with van der Waals surface area (Å²) in [5, 5.41) is 15.5. The van der Waals surface area contributed by atoms with Crippen LogP contribution in [-0.2, 0) is 0 Å². The van der Waals surface area contributed by atoms with Crippen LogP contribution >= 0.6 is 11.6 Å². The minimum absolute atomic E-state index is 0.0417. The highest BCUT2D eigenvalue weighted by Gasteiger charge is 2.35. The van der Waals surface area contributed by atoms with Gasteiger partial charge in [-0.2, -0.15) is 0 Å². The molecule has 3 aromatic rings. The lowest BCUT2D eigenvalue weighted by Gasteiger charge is -2.13. The molecule has 2 heterocycles. The van der Waals surface area contributed by atoms with Gasteiger partial charge in [0.15, 0.2) is 5.82 Å². The van der Waals surface area contributed by atoms with Gasteiger partial charge in [0.05, 0.1) is 11.8 Å². The summed E-state index contributed by atoms with van der Waals surface area (Å²) in [6, 6.07) is 11.1. The van der Waals surface area contributed by atoms with Crippen molar-refractivity contribution in [2.75, 3.05) is 0 Å². The topological polar surface area (TPSA) is 89.9 Å². The maximum atomic E-state index is 10.1. The first-order valence-electron chi connectivity index (χ1n) is 8.61. The number of aromatic nitrogens is 4. The number of hydrogen-bond donors (Lipinski definition) is 2. The number of nitrogens with zero attached hydrogens (tertiary/aromatic N) is 4. The lowest BCUT2D eigenvalue weighted by atomic mass is 10.1. The highest BCUT2D eigenvalue weighted by atomic mass is 35.5. The van der Waals surface area contributed by atoms with Crippen LogP contribution in [0.25, 0.3) is 17.2 Å². The van der Waals surface area contributed by atoms with E-state index in [4.69, 9.17) is 27.4 Å². The Balaban J connectivity index is 1.84. The van der Waals surface area contributed by atoms with E-state index in [1.54, 1.807) is 6.20 Å². The molecule has 0 spiro atoms. The minimum Gasteiger partial charge on any atom is -0.391 e. The number of aliphatic hydroxyl groups is 1. The summed E-state index contributed by atoms with van der Waals surface area (Å²) in [5.74, 6) is 1.40. The average molecular weight is 370 g/mol. The molecule has 7 heteroatoms. The number of aryl methyl sites for hydroxylation is 1. The van der Waals surface area contributed by atoms with Crippen LogP contribution in [0.3, 0.4) is 0 Å². The first-order chi connectivity index (χ1) is 12.5. The SMILES string of the molecule is Cc1cc(Cl)ccc1-n1nc(-c2ccccn2)nc1[C@H]1C[C@H](N)[C@@H](O)C1. The summed E-state index contributed by atoms with van der Waals surface area (Å²) in [6.45, 7) is 1.99. The Labute approximate surface area is 156 Å². The van der Waals surface area contributed by atoms with Gasteiger partial charge in [0.2, 0.25) is 0 Å². The molecule has 26 heavy (non-hydrogen) atoms. The van der Waals surface area contributed by atoms with Crippen molar-refractivity contribution in [1.82, 2.24) is 19.7 Å². The zero-order valence-corrected chi connectivity index (χ0v) is 15.1. The maximum Gasteiger partial charge on any atom is 0.200 e. The second-order valence-electron chi connectivity index (χ2n) is 6.75. The Morgan fingerprint density at radius 1 is 1.23 bits per heavy atom. The highest BCUT2D eigenvalue weighted by molar-refractivity contribution is 6.30. The molecule has 0 saturated heterocycles. The Morgan fingerprint density at radius 2 is 2.08 bits per heavy atom. The fourth-order valence-electron chi connectivity index (χ4n) is 3.48. The first kappa shape index (κ1) is 17.1. The summed E-state index contributed by atoms with van der Waals surface area (Å²) in [5.41, 5.74) is 8.65. The van der Waals surface area contributed by atoms with Crippen molar-refractivity contribution in [3.63, 3.8) is 0 Å². The normalized spacial score (nSPS) is 22.7. The third-order valence-electron chi connectivity index (χ3n) is 4.86. The number of hydrogen-bond acceptors (Lipinski definition) is 5. The van der Waals surface area contributed by atoms with Crippen LogP contribution in [0, 0.1) is 6.92 Å². The summed E-state index contributed by atoms with van der Waals surface area (Å²) >= 11 is 6.11. The second kappa shape index (κ2) is 6.79. The average Bonchev–Trinajstić information content (AvgIpc) is 3.20. The van der Waals surface area contributed by atoms with E-state index in [1.807, 2.05) is 48.0 Å². The Morgan fingerprint density at radius 3 is 2.73 bits per heavy atom. The van der Waals surface area contributed by atoms with E-state index in [1.165, 1.54) is 0 Å². The van der Waals surface area contributed by atoms with Crippen molar-refractivity contribution in [3.05, 3.63) is 59.0 Å². The van der Waals surface area contributed by atoms with Gasteiger partial charge in [-0.25, -0.2) is 9.67 Å². The zero-order valence-electron chi connectivity index (χ0n) is 14.4. The number of rotatable bonds is 3. The van der Waals surface area contributed by atoms with Gasteiger partial charge in [0.25, 0.3) is 0 Å². The Bertz CT molecular complexity index is 917. The highest BCUT2D eigenvalue weighted by Crippen LogP contribution is 2.35. The van der Waals surface area contributed by atoms with Gasteiger partial charge in [-0.1, -0.05) is 17.7 Å². The lowest BCUT2D eigenvalue weighted by molar-refractivity contribution is 0.163. The molecular weight excluding hydrogens is 350 g/mol. The molecule has 6 nitrogen and oxygen atoms in total. The lowest BCUT2D eigenvalue weighted by Crippen LogP contribution is -2.28. The number of pyridine rings is 1. The predicted molar refractivity (Wildman–Crippen MR) is 100 cm³/mol. The summed E-state index contributed by atoms with van der Waals surface area (Å²) < 4.78 is 1.84. The number of benzene rings is 1. The fourth-order valence-corrected chi connectivity index (χ4v) is 3.71. The van der Waals surface area contributed by atoms with E-state index in [0.29, 0.717) is 29.4 Å². The molecule has 1 aliphatic carbocycles. The zero-order chi connectivity index (χ0) is 18.3. The molecule has 0 bridgehead atoms. The van der Waals surface area contributed by atoms with E-state index in [-0.39, 0.29) is 12.0 Å². The van der Waals surface area contributed by atoms with Crippen LogP contribution in [-0.4, -0.2) is 37.0 Å². The van der Waals surface area contributed by atoms with E-state index in [0.717, 1.165) is 17.1 Å². The van der Waals surface area contributed by atoms with Gasteiger partial charge in [0.1, 0.15) is 11.5 Å². The van der Waals surface area contributed by atoms with Crippen LogP contribution in [0.5, 0.6) is 0 Å². The van der Waals surface area contributed by atoms with Gasteiger partial charge in [-0.3, -0.25) is 4.98 Å². The minimum atomic E-state index is -0.519. The number of nitrogens with two attached hydrogens (primary N) is 1. The van der Waals surface area contributed by atoms with Gasteiger partial charge < -0.3 is 10.8 Å². The largest absolute Gasteiger partial charge is 0.391 e. The molecule has 134 valence electrons. The van der Waals surface area contributed by atoms with E-state index in [2.05, 4.69) is 4.98 Å². The number of aliphatic hydroxyl groups excluding tert-OH is 1. The van der Waals surface area contributed by atoms with E-state index < -0.39 is 6.10 Å². The Kier molecular flexibility index (Phi) is 4.48. The van der Waals surface area contributed by atoms with Crippen LogP contribution in [0.1, 0.15) is 30.1 Å². The van der Waals surface area contributed by atoms with E-state index in [9.17, 15) is 5.11 Å². The molecule has 0 amide bonds. The van der Waals surface area contributed by atoms with Crippen molar-refractivity contribution in [1.29, 1.82) is 0 Å². The number of halogens is 1. The molecule has 3 atom stereocenters. The van der Waals surface area contributed by atoms with Crippen molar-refractivity contribution in [2.45, 2.75) is 37.8 Å². The molecule has 2 aromatic heterocycles. The molecule has 0 unspecified atom stereocenters. The quantitative estimate of drug-likeness (QED) is 0.740. The monoisotopic (exact) mass is 369 g/mol. The third-order valence-corrected chi connectivity index (χ3v) is 5.09. The van der Waals surface area contributed by atoms with Crippen molar-refractivity contribution < 1.29 is 5.11 Å². The summed E-state index contributed by atoms with van der Waals surface area (Å²) in [7, 11) is 0. The molecule has 4 rings (SSSR count). The molecule has 1 aromatic carbocycles. The molecule has 0 radical (unpaired) electrons. The van der Waals surface area contributed by atoms with Crippen LogP contribution in [0.4, 0.5) is 0 Å². The van der Waals surface area contributed by atoms with Gasteiger partial charge in [-0.15, -0.1) is 5.10 Å². The Hall–Kier alpha value is -2.28. The summed E-state index contributed by atoms with van der Waals surface area (Å²) in [4.78, 5) is 9.12. The van der Waals surface area contributed by atoms with Crippen LogP contribution in [0.15, 0.2) is 42.6 Å². The van der Waals surface area contributed by atoms with Crippen LogP contribution in [0.2, 0.25) is 5.02 Å². The molecule has 3 N–H and O–H groups in total. The summed E-state index contributed by atoms with van der Waals surface area (Å²) in [6.07, 6.45) is 2.45. The predicted octanol–water partition coefficient (Wildman–Crippen LogP) is 2.86. The second-order valence-corrected chi connectivity index (χ2v) is 7.19. The maximum absolute atomic E-state index is 10.1. The molecule has 0 aliphatic heterocycles. The van der Waals surface area contributed by atoms with Crippen molar-refractivity contribution >= 4 is 11.6 Å². The first-order valence-corrected chi connectivity index (χ1v) is 8.99.